The van der Waals surface area contributed by atoms with E-state index in [-0.39, 0.29) is 18.0 Å². The molecule has 2 N–H and O–H groups in total. The van der Waals surface area contributed by atoms with Crippen LogP contribution in [0.1, 0.15) is 45.3 Å². The number of carbonyl (C=O) groups is 1. The van der Waals surface area contributed by atoms with Crippen LogP contribution in [0.2, 0.25) is 0 Å². The molecule has 1 heterocycles. The van der Waals surface area contributed by atoms with Crippen LogP contribution < -0.4 is 10.6 Å². The largest absolute Gasteiger partial charge is 0.352 e. The minimum Gasteiger partial charge on any atom is -0.352 e. The molecule has 1 aromatic heterocycles. The van der Waals surface area contributed by atoms with E-state index in [1.165, 1.54) is 0 Å². The van der Waals surface area contributed by atoms with Gasteiger partial charge in [-0.3, -0.25) is 10.1 Å². The summed E-state index contributed by atoms with van der Waals surface area (Å²) in [4.78, 5) is 15.9. The lowest BCUT2D eigenvalue weighted by molar-refractivity contribution is -0.123. The average molecular weight is 254 g/mol. The third-order valence-corrected chi connectivity index (χ3v) is 2.63. The molecule has 1 amide bonds. The normalized spacial score (nSPS) is 14.2. The van der Waals surface area contributed by atoms with Crippen molar-refractivity contribution in [2.24, 2.45) is 0 Å². The van der Waals surface area contributed by atoms with Crippen LogP contribution in [0.4, 0.5) is 0 Å². The van der Waals surface area contributed by atoms with Crippen molar-refractivity contribution in [1.82, 2.24) is 20.8 Å². The maximum atomic E-state index is 11.8. The van der Waals surface area contributed by atoms with Gasteiger partial charge in [-0.2, -0.15) is 4.98 Å². The molecule has 2 atom stereocenters. The second-order valence-corrected chi connectivity index (χ2v) is 4.54. The first-order chi connectivity index (χ1) is 8.52. The van der Waals surface area contributed by atoms with E-state index in [0.717, 1.165) is 12.8 Å². The van der Waals surface area contributed by atoms with Crippen molar-refractivity contribution in [1.29, 1.82) is 0 Å². The second-order valence-electron chi connectivity index (χ2n) is 4.54. The summed E-state index contributed by atoms with van der Waals surface area (Å²) >= 11 is 0. The first kappa shape index (κ1) is 14.6. The number of nitrogens with one attached hydrogen (secondary N) is 2. The Hall–Kier alpha value is -1.43. The zero-order valence-corrected chi connectivity index (χ0v) is 11.5. The maximum Gasteiger partial charge on any atom is 0.240 e. The van der Waals surface area contributed by atoms with Gasteiger partial charge in [-0.15, -0.1) is 0 Å². The molecule has 1 rings (SSSR count). The minimum atomic E-state index is -0.281. The average Bonchev–Trinajstić information content (AvgIpc) is 2.72. The number of amides is 1. The van der Waals surface area contributed by atoms with Crippen LogP contribution in [-0.4, -0.2) is 28.1 Å². The van der Waals surface area contributed by atoms with E-state index in [4.69, 9.17) is 4.52 Å². The fourth-order valence-electron chi connectivity index (χ4n) is 1.62. The van der Waals surface area contributed by atoms with E-state index in [1.54, 1.807) is 6.92 Å². The topological polar surface area (TPSA) is 80.0 Å². The van der Waals surface area contributed by atoms with Gasteiger partial charge in [-0.05, 0) is 27.2 Å². The molecule has 0 aliphatic carbocycles. The number of nitrogens with zero attached hydrogens (tertiary/aromatic N) is 2. The van der Waals surface area contributed by atoms with Crippen molar-refractivity contribution < 1.29 is 9.32 Å². The number of aryl methyl sites for hydroxylation is 1. The quantitative estimate of drug-likeness (QED) is 0.763. The smallest absolute Gasteiger partial charge is 0.240 e. The van der Waals surface area contributed by atoms with E-state index >= 15 is 0 Å². The molecule has 6 heteroatoms. The van der Waals surface area contributed by atoms with E-state index < -0.39 is 0 Å². The number of rotatable bonds is 7. The van der Waals surface area contributed by atoms with Crippen LogP contribution >= 0.6 is 0 Å². The van der Waals surface area contributed by atoms with Gasteiger partial charge < -0.3 is 9.84 Å². The summed E-state index contributed by atoms with van der Waals surface area (Å²) in [5.74, 6) is 1.08. The van der Waals surface area contributed by atoms with Gasteiger partial charge >= 0.3 is 0 Å². The summed E-state index contributed by atoms with van der Waals surface area (Å²) in [7, 11) is 0. The Morgan fingerprint density at radius 3 is 2.72 bits per heavy atom. The highest BCUT2D eigenvalue weighted by molar-refractivity contribution is 5.81. The molecule has 0 saturated heterocycles. The zero-order chi connectivity index (χ0) is 13.5. The van der Waals surface area contributed by atoms with E-state index in [9.17, 15) is 4.79 Å². The van der Waals surface area contributed by atoms with Crippen LogP contribution in [0.15, 0.2) is 4.52 Å². The van der Waals surface area contributed by atoms with Crippen LogP contribution in [0, 0.1) is 6.92 Å². The summed E-state index contributed by atoms with van der Waals surface area (Å²) in [5.41, 5.74) is 0. The minimum absolute atomic E-state index is 0.00723. The predicted molar refractivity (Wildman–Crippen MR) is 67.8 cm³/mol. The number of hydrogen-bond donors (Lipinski definition) is 2. The second kappa shape index (κ2) is 7.10. The van der Waals surface area contributed by atoms with Gasteiger partial charge in [0.15, 0.2) is 5.82 Å². The van der Waals surface area contributed by atoms with Crippen molar-refractivity contribution in [3.8, 4) is 0 Å². The lowest BCUT2D eigenvalue weighted by Gasteiger charge is -2.17. The summed E-state index contributed by atoms with van der Waals surface area (Å²) in [6.07, 6.45) is 2.05. The molecule has 0 radical (unpaired) electrons. The predicted octanol–water partition coefficient (Wildman–Crippen LogP) is 1.16. The fraction of sp³-hybridized carbons (Fsp3) is 0.750. The van der Waals surface area contributed by atoms with Gasteiger partial charge in [-0.1, -0.05) is 18.5 Å². The third kappa shape index (κ3) is 4.83. The third-order valence-electron chi connectivity index (χ3n) is 2.63. The molecule has 1 aromatic rings. The lowest BCUT2D eigenvalue weighted by Crippen LogP contribution is -2.45. The highest BCUT2D eigenvalue weighted by Crippen LogP contribution is 1.98. The number of hydrogen-bond acceptors (Lipinski definition) is 5. The highest BCUT2D eigenvalue weighted by Gasteiger charge is 2.15. The molecule has 0 bridgehead atoms. The van der Waals surface area contributed by atoms with Crippen molar-refractivity contribution in [2.45, 2.75) is 59.2 Å². The SMILES string of the molecule is CCCC(C)NC(=O)C(C)NCc1nc(C)no1. The van der Waals surface area contributed by atoms with Crippen molar-refractivity contribution in [2.75, 3.05) is 0 Å². The lowest BCUT2D eigenvalue weighted by atomic mass is 10.2. The Bertz CT molecular complexity index is 378. The van der Waals surface area contributed by atoms with Crippen molar-refractivity contribution >= 4 is 5.91 Å². The number of carbonyl (C=O) groups excluding carboxylic acids is 1. The van der Waals surface area contributed by atoms with Gasteiger partial charge in [0.25, 0.3) is 0 Å². The van der Waals surface area contributed by atoms with E-state index in [2.05, 4.69) is 27.7 Å². The highest BCUT2D eigenvalue weighted by atomic mass is 16.5. The van der Waals surface area contributed by atoms with Gasteiger partial charge in [-0.25, -0.2) is 0 Å². The Morgan fingerprint density at radius 2 is 2.17 bits per heavy atom. The summed E-state index contributed by atoms with van der Waals surface area (Å²) in [5, 5.41) is 9.69. The Balaban J connectivity index is 2.31. The van der Waals surface area contributed by atoms with Gasteiger partial charge in [0.2, 0.25) is 11.8 Å². The summed E-state index contributed by atoms with van der Waals surface area (Å²) in [6.45, 7) is 8.09. The monoisotopic (exact) mass is 254 g/mol. The summed E-state index contributed by atoms with van der Waals surface area (Å²) < 4.78 is 4.96. The maximum absolute atomic E-state index is 11.8. The standard InChI is InChI=1S/C12H22N4O2/c1-5-6-8(2)14-12(17)9(3)13-7-11-15-10(4)16-18-11/h8-9,13H,5-7H2,1-4H3,(H,14,17). The van der Waals surface area contributed by atoms with Crippen molar-refractivity contribution in [3.63, 3.8) is 0 Å². The molecule has 6 nitrogen and oxygen atoms in total. The Morgan fingerprint density at radius 1 is 1.44 bits per heavy atom. The van der Waals surface area contributed by atoms with Gasteiger partial charge in [0.1, 0.15) is 0 Å². The molecule has 0 spiro atoms. The Labute approximate surface area is 108 Å². The van der Waals surface area contributed by atoms with Gasteiger partial charge in [0.05, 0.1) is 12.6 Å². The molecule has 0 aliphatic heterocycles. The van der Waals surface area contributed by atoms with Gasteiger partial charge in [0, 0.05) is 6.04 Å². The fourth-order valence-corrected chi connectivity index (χ4v) is 1.62. The molecule has 18 heavy (non-hydrogen) atoms. The molecule has 0 saturated carbocycles. The van der Waals surface area contributed by atoms with Crippen LogP contribution in [-0.2, 0) is 11.3 Å². The molecule has 102 valence electrons. The first-order valence-corrected chi connectivity index (χ1v) is 6.35. The van der Waals surface area contributed by atoms with Crippen molar-refractivity contribution in [3.05, 3.63) is 11.7 Å². The van der Waals surface area contributed by atoms with Crippen LogP contribution in [0.3, 0.4) is 0 Å². The molecule has 0 fully saturated rings. The van der Waals surface area contributed by atoms with Crippen LogP contribution in [0.5, 0.6) is 0 Å². The molecular formula is C12H22N4O2. The van der Waals surface area contributed by atoms with E-state index in [1.807, 2.05) is 13.8 Å². The Kier molecular flexibility index (Phi) is 5.77. The van der Waals surface area contributed by atoms with E-state index in [0.29, 0.717) is 18.3 Å². The number of aromatic nitrogens is 2. The molecule has 2 unspecified atom stereocenters. The van der Waals surface area contributed by atoms with Crippen LogP contribution in [0.25, 0.3) is 0 Å². The first-order valence-electron chi connectivity index (χ1n) is 6.35. The molecular weight excluding hydrogens is 232 g/mol. The summed E-state index contributed by atoms with van der Waals surface area (Å²) in [6, 6.07) is -0.0751. The molecule has 0 aromatic carbocycles. The zero-order valence-electron chi connectivity index (χ0n) is 11.5. The molecule has 0 aliphatic rings.